The molecule has 0 aromatic heterocycles. The summed E-state index contributed by atoms with van der Waals surface area (Å²) in [5.41, 5.74) is -1.19. The van der Waals surface area contributed by atoms with E-state index in [2.05, 4.69) is 6.92 Å². The van der Waals surface area contributed by atoms with Crippen molar-refractivity contribution >= 4 is 17.8 Å². The van der Waals surface area contributed by atoms with Crippen LogP contribution in [0.15, 0.2) is 24.3 Å². The normalized spacial score (nSPS) is 35.4. The molecule has 0 bridgehead atoms. The number of nitrogens with zero attached hydrogens (tertiary/aromatic N) is 2. The first-order chi connectivity index (χ1) is 15.5. The largest absolute Gasteiger partial charge is 0.465 e. The van der Waals surface area contributed by atoms with Crippen molar-refractivity contribution in [2.45, 2.75) is 63.2 Å². The van der Waals surface area contributed by atoms with E-state index in [1.165, 1.54) is 0 Å². The lowest BCUT2D eigenvalue weighted by molar-refractivity contribution is -0.154. The van der Waals surface area contributed by atoms with Crippen molar-refractivity contribution in [2.24, 2.45) is 11.8 Å². The number of carbonyl (C=O) groups excluding carboxylic acids is 3. The number of allylic oxidation sites excluding steroid dienone is 1. The van der Waals surface area contributed by atoms with Gasteiger partial charge in [0.25, 0.3) is 0 Å². The second-order valence-electron chi connectivity index (χ2n) is 9.08. The molecule has 0 saturated carbocycles. The molecule has 8 nitrogen and oxygen atoms in total. The molecule has 2 fully saturated rings. The monoisotopic (exact) mass is 446 g/mol. The second kappa shape index (κ2) is 9.75. The number of hydrogen-bond donors (Lipinski definition) is 1. The lowest BCUT2D eigenvalue weighted by Gasteiger charge is -2.35. The smallest absolute Gasteiger partial charge is 0.312 e. The molecule has 4 aliphatic heterocycles. The number of ether oxygens (including phenoxy) is 2. The highest BCUT2D eigenvalue weighted by Crippen LogP contribution is 2.53. The molecule has 1 unspecified atom stereocenters. The summed E-state index contributed by atoms with van der Waals surface area (Å²) in [5.74, 6) is -2.37. The number of esters is 1. The van der Waals surface area contributed by atoms with Crippen LogP contribution in [0.3, 0.4) is 0 Å². The van der Waals surface area contributed by atoms with Crippen molar-refractivity contribution < 1.29 is 29.0 Å². The van der Waals surface area contributed by atoms with Crippen LogP contribution in [0.2, 0.25) is 0 Å². The minimum Gasteiger partial charge on any atom is -0.465 e. The van der Waals surface area contributed by atoms with E-state index in [1.54, 1.807) is 9.80 Å². The fourth-order valence-corrected chi connectivity index (χ4v) is 5.48. The van der Waals surface area contributed by atoms with E-state index in [1.807, 2.05) is 24.3 Å². The van der Waals surface area contributed by atoms with E-state index < -0.39 is 35.6 Å². The molecule has 1 N–H and O–H groups in total. The third-order valence-corrected chi connectivity index (χ3v) is 7.02. The predicted octanol–water partition coefficient (Wildman–Crippen LogP) is 1.43. The van der Waals surface area contributed by atoms with E-state index >= 15 is 0 Å². The van der Waals surface area contributed by atoms with Gasteiger partial charge in [-0.3, -0.25) is 14.4 Å². The van der Waals surface area contributed by atoms with Gasteiger partial charge in [-0.1, -0.05) is 37.6 Å². The minimum absolute atomic E-state index is 0.0239. The number of hydrogen-bond acceptors (Lipinski definition) is 6. The van der Waals surface area contributed by atoms with Crippen LogP contribution in [0.4, 0.5) is 0 Å². The number of cyclic esters (lactones) is 1. The van der Waals surface area contributed by atoms with Crippen LogP contribution >= 0.6 is 0 Å². The number of rotatable bonds is 7. The van der Waals surface area contributed by atoms with Crippen LogP contribution in [0.1, 0.15) is 45.4 Å². The standard InChI is InChI=1S/C24H34N2O6/c1-2-3-12-25-13-9-11-24-19(18-17(32-24)10-5-4-8-16-31-23(18)30)21(28)26(14-6-7-15-27)20(24)22(25)29/h5,9-11,17-20,27H,2-4,6-8,12-16H2,1H3/b10-5-/t17-,18+,19+,20?,24+/m1/s1. The second-order valence-corrected chi connectivity index (χ2v) is 9.08. The number of aliphatic hydroxyl groups excluding tert-OH is 1. The van der Waals surface area contributed by atoms with Crippen molar-refractivity contribution in [2.75, 3.05) is 32.8 Å². The van der Waals surface area contributed by atoms with Gasteiger partial charge in [-0.2, -0.15) is 0 Å². The molecule has 0 aromatic rings. The van der Waals surface area contributed by atoms with E-state index in [4.69, 9.17) is 9.47 Å². The van der Waals surface area contributed by atoms with Crippen molar-refractivity contribution in [3.63, 3.8) is 0 Å². The average Bonchev–Trinajstić information content (AvgIpc) is 3.18. The average molecular weight is 447 g/mol. The van der Waals surface area contributed by atoms with Crippen LogP contribution in [0, 0.1) is 11.8 Å². The molecular weight excluding hydrogens is 412 g/mol. The number of unbranched alkanes of at least 4 members (excludes halogenated alkanes) is 2. The molecule has 32 heavy (non-hydrogen) atoms. The number of fused-ring (bicyclic) bond motifs is 2. The van der Waals surface area contributed by atoms with Crippen LogP contribution in [-0.2, 0) is 23.9 Å². The molecule has 4 aliphatic rings. The Balaban J connectivity index is 1.75. The van der Waals surface area contributed by atoms with Gasteiger partial charge < -0.3 is 24.4 Å². The summed E-state index contributed by atoms with van der Waals surface area (Å²) in [6.07, 6.45) is 11.5. The van der Waals surface area contributed by atoms with Crippen LogP contribution in [0.25, 0.3) is 0 Å². The SMILES string of the molecule is CCCCN1CC=C[C@]23O[C@@H]4/C=C\CCCOC(=O)[C@@H]4[C@H]2C(=O)N(CCCCO)C3C1=O. The van der Waals surface area contributed by atoms with Gasteiger partial charge in [0.1, 0.15) is 17.6 Å². The highest BCUT2D eigenvalue weighted by Gasteiger charge is 2.71. The van der Waals surface area contributed by atoms with Crippen LogP contribution in [-0.4, -0.2) is 83.3 Å². The zero-order chi connectivity index (χ0) is 22.7. The van der Waals surface area contributed by atoms with Crippen molar-refractivity contribution in [3.05, 3.63) is 24.3 Å². The summed E-state index contributed by atoms with van der Waals surface area (Å²) in [6, 6.07) is -0.814. The number of likely N-dealkylation sites (tertiary alicyclic amines) is 1. The lowest BCUT2D eigenvalue weighted by atomic mass is 9.78. The Bertz CT molecular complexity index is 795. The molecule has 8 heteroatoms. The molecule has 4 rings (SSSR count). The molecule has 0 radical (unpaired) electrons. The summed E-state index contributed by atoms with van der Waals surface area (Å²) in [7, 11) is 0. The maximum atomic E-state index is 13.8. The van der Waals surface area contributed by atoms with Gasteiger partial charge in [-0.15, -0.1) is 0 Å². The first kappa shape index (κ1) is 23.0. The van der Waals surface area contributed by atoms with E-state index in [0.717, 1.165) is 25.7 Å². The third-order valence-electron chi connectivity index (χ3n) is 7.02. The maximum absolute atomic E-state index is 13.8. The van der Waals surface area contributed by atoms with Gasteiger partial charge in [0.05, 0.1) is 18.6 Å². The maximum Gasteiger partial charge on any atom is 0.312 e. The van der Waals surface area contributed by atoms with Crippen molar-refractivity contribution in [3.8, 4) is 0 Å². The van der Waals surface area contributed by atoms with Gasteiger partial charge in [-0.05, 0) is 32.1 Å². The van der Waals surface area contributed by atoms with Crippen molar-refractivity contribution in [1.29, 1.82) is 0 Å². The molecule has 1 spiro atoms. The number of amides is 2. The van der Waals surface area contributed by atoms with E-state index in [9.17, 15) is 19.5 Å². The highest BCUT2D eigenvalue weighted by atomic mass is 16.6. The molecule has 0 aromatic carbocycles. The fraction of sp³-hybridized carbons (Fsp3) is 0.708. The third kappa shape index (κ3) is 3.88. The highest BCUT2D eigenvalue weighted by molar-refractivity contribution is 5.99. The Morgan fingerprint density at radius 2 is 1.97 bits per heavy atom. The lowest BCUT2D eigenvalue weighted by Crippen LogP contribution is -2.55. The first-order valence-corrected chi connectivity index (χ1v) is 11.9. The Morgan fingerprint density at radius 1 is 1.12 bits per heavy atom. The summed E-state index contributed by atoms with van der Waals surface area (Å²) in [6.45, 7) is 3.83. The molecular formula is C24H34N2O6. The zero-order valence-corrected chi connectivity index (χ0v) is 18.8. The molecule has 2 amide bonds. The van der Waals surface area contributed by atoms with E-state index in [0.29, 0.717) is 39.1 Å². The molecule has 5 atom stereocenters. The quantitative estimate of drug-likeness (QED) is 0.361. The van der Waals surface area contributed by atoms with E-state index in [-0.39, 0.29) is 18.4 Å². The summed E-state index contributed by atoms with van der Waals surface area (Å²) in [5, 5.41) is 9.22. The Labute approximate surface area is 189 Å². The molecule has 4 heterocycles. The Hall–Kier alpha value is -2.19. The Morgan fingerprint density at radius 3 is 2.75 bits per heavy atom. The molecule has 176 valence electrons. The fourth-order valence-electron chi connectivity index (χ4n) is 5.48. The topological polar surface area (TPSA) is 96.4 Å². The van der Waals surface area contributed by atoms with Gasteiger partial charge in [-0.25, -0.2) is 0 Å². The predicted molar refractivity (Wildman–Crippen MR) is 116 cm³/mol. The number of carbonyl (C=O) groups is 3. The first-order valence-electron chi connectivity index (χ1n) is 11.9. The van der Waals surface area contributed by atoms with Gasteiger partial charge in [0, 0.05) is 26.2 Å². The summed E-state index contributed by atoms with van der Waals surface area (Å²) < 4.78 is 12.0. The van der Waals surface area contributed by atoms with Crippen LogP contribution < -0.4 is 0 Å². The molecule has 0 aliphatic carbocycles. The summed E-state index contributed by atoms with van der Waals surface area (Å²) in [4.78, 5) is 43.9. The zero-order valence-electron chi connectivity index (χ0n) is 18.8. The van der Waals surface area contributed by atoms with Crippen molar-refractivity contribution in [1.82, 2.24) is 9.80 Å². The molecule has 2 saturated heterocycles. The Kier molecular flexibility index (Phi) is 7.00. The summed E-state index contributed by atoms with van der Waals surface area (Å²) >= 11 is 0. The van der Waals surface area contributed by atoms with Crippen LogP contribution in [0.5, 0.6) is 0 Å². The van der Waals surface area contributed by atoms with Gasteiger partial charge in [0.2, 0.25) is 11.8 Å². The minimum atomic E-state index is -1.19. The van der Waals surface area contributed by atoms with Gasteiger partial charge in [0.15, 0.2) is 0 Å². The van der Waals surface area contributed by atoms with Gasteiger partial charge >= 0.3 is 5.97 Å². The number of aliphatic hydroxyl groups is 1.